The Morgan fingerprint density at radius 1 is 0.778 bits per heavy atom. The molecule has 144 valence electrons. The van der Waals surface area contributed by atoms with Gasteiger partial charge in [-0.25, -0.2) is 0 Å². The zero-order chi connectivity index (χ0) is 19.2. The summed E-state index contributed by atoms with van der Waals surface area (Å²) in [6.45, 7) is 0.00552. The zero-order valence-corrected chi connectivity index (χ0v) is 16.0. The molecule has 2 aliphatic rings. The lowest BCUT2D eigenvalue weighted by atomic mass is 10.0. The summed E-state index contributed by atoms with van der Waals surface area (Å²) in [6.07, 6.45) is 0.448. The van der Waals surface area contributed by atoms with Crippen LogP contribution in [0, 0.1) is 0 Å². The molecular weight excluding hydrogens is 388 g/mol. The Morgan fingerprint density at radius 3 is 2.07 bits per heavy atom. The monoisotopic (exact) mass is 408 g/mol. The first kappa shape index (κ1) is 19.6. The standard InChI is InChI=1S/C17H20N4O4S2/c22-14-7-18-15(23)12(19-14)8-26-27-9-13-17(25)20-11(16(24)21-13)6-10-4-2-1-3-5-10/h1-5,11-13H,6-9H2,(H,18,23)(H,19,22)(H,20,25)(H,21,24)/t11-,12-,13+/m0/s1. The van der Waals surface area contributed by atoms with E-state index >= 15 is 0 Å². The first-order valence-electron chi connectivity index (χ1n) is 8.49. The van der Waals surface area contributed by atoms with E-state index in [-0.39, 0.29) is 30.2 Å². The van der Waals surface area contributed by atoms with Crippen LogP contribution in [0.1, 0.15) is 5.56 Å². The van der Waals surface area contributed by atoms with Crippen LogP contribution in [-0.2, 0) is 25.6 Å². The van der Waals surface area contributed by atoms with Gasteiger partial charge in [0.1, 0.15) is 18.1 Å². The third-order valence-corrected chi connectivity index (χ3v) is 6.60. The van der Waals surface area contributed by atoms with Gasteiger partial charge in [0.2, 0.25) is 23.6 Å². The first-order chi connectivity index (χ1) is 13.0. The van der Waals surface area contributed by atoms with Crippen molar-refractivity contribution in [3.63, 3.8) is 0 Å². The lowest BCUT2D eigenvalue weighted by Gasteiger charge is -2.29. The normalized spacial score (nSPS) is 25.3. The molecule has 0 radical (unpaired) electrons. The fourth-order valence-corrected chi connectivity index (χ4v) is 5.07. The molecule has 0 saturated carbocycles. The molecule has 0 aliphatic carbocycles. The van der Waals surface area contributed by atoms with Gasteiger partial charge in [-0.1, -0.05) is 51.9 Å². The summed E-state index contributed by atoms with van der Waals surface area (Å²) in [6, 6.07) is 7.75. The minimum atomic E-state index is -0.614. The van der Waals surface area contributed by atoms with E-state index < -0.39 is 18.1 Å². The van der Waals surface area contributed by atoms with Gasteiger partial charge < -0.3 is 21.3 Å². The van der Waals surface area contributed by atoms with Gasteiger partial charge in [-0.05, 0) is 5.56 Å². The Labute approximate surface area is 164 Å². The molecule has 3 atom stereocenters. The van der Waals surface area contributed by atoms with Crippen LogP contribution in [0.2, 0.25) is 0 Å². The van der Waals surface area contributed by atoms with Crippen molar-refractivity contribution in [3.05, 3.63) is 35.9 Å². The lowest BCUT2D eigenvalue weighted by molar-refractivity contribution is -0.136. The summed E-state index contributed by atoms with van der Waals surface area (Å²) in [4.78, 5) is 47.5. The molecular formula is C17H20N4O4S2. The van der Waals surface area contributed by atoms with Crippen LogP contribution in [0.15, 0.2) is 30.3 Å². The maximum atomic E-state index is 12.3. The third-order valence-electron chi connectivity index (χ3n) is 4.18. The summed E-state index contributed by atoms with van der Waals surface area (Å²) in [5.74, 6) is -0.0759. The Balaban J connectivity index is 1.41. The molecule has 2 saturated heterocycles. The van der Waals surface area contributed by atoms with E-state index in [9.17, 15) is 19.2 Å². The summed E-state index contributed by atoms with van der Waals surface area (Å²) in [5, 5.41) is 10.7. The van der Waals surface area contributed by atoms with Gasteiger partial charge in [0, 0.05) is 17.9 Å². The van der Waals surface area contributed by atoms with E-state index in [4.69, 9.17) is 0 Å². The van der Waals surface area contributed by atoms with E-state index in [0.29, 0.717) is 17.9 Å². The van der Waals surface area contributed by atoms with E-state index in [1.807, 2.05) is 30.3 Å². The van der Waals surface area contributed by atoms with Crippen LogP contribution in [0.3, 0.4) is 0 Å². The minimum Gasteiger partial charge on any atom is -0.345 e. The quantitative estimate of drug-likeness (QED) is 0.347. The molecule has 27 heavy (non-hydrogen) atoms. The van der Waals surface area contributed by atoms with Crippen molar-refractivity contribution in [1.82, 2.24) is 21.3 Å². The van der Waals surface area contributed by atoms with Gasteiger partial charge in [-0.15, -0.1) is 0 Å². The molecule has 0 spiro atoms. The van der Waals surface area contributed by atoms with Gasteiger partial charge in [0.05, 0.1) is 6.54 Å². The van der Waals surface area contributed by atoms with Crippen LogP contribution in [0.25, 0.3) is 0 Å². The number of amides is 4. The van der Waals surface area contributed by atoms with Gasteiger partial charge in [0.25, 0.3) is 0 Å². The largest absolute Gasteiger partial charge is 0.345 e. The smallest absolute Gasteiger partial charge is 0.244 e. The zero-order valence-electron chi connectivity index (χ0n) is 14.4. The summed E-state index contributed by atoms with van der Waals surface area (Å²) in [5.41, 5.74) is 0.981. The second-order valence-corrected chi connectivity index (χ2v) is 8.77. The Hall–Kier alpha value is -2.20. The number of hydrogen-bond donors (Lipinski definition) is 4. The molecule has 0 unspecified atom stereocenters. The van der Waals surface area contributed by atoms with Crippen LogP contribution >= 0.6 is 21.6 Å². The van der Waals surface area contributed by atoms with Gasteiger partial charge in [-0.3, -0.25) is 19.2 Å². The second-order valence-electron chi connectivity index (χ2n) is 6.22. The molecule has 0 aromatic heterocycles. The van der Waals surface area contributed by atoms with Crippen LogP contribution in [0.5, 0.6) is 0 Å². The van der Waals surface area contributed by atoms with Crippen LogP contribution < -0.4 is 21.3 Å². The number of piperazine rings is 2. The summed E-state index contributed by atoms with van der Waals surface area (Å²) < 4.78 is 0. The number of carbonyl (C=O) groups excluding carboxylic acids is 4. The molecule has 4 amide bonds. The topological polar surface area (TPSA) is 116 Å². The van der Waals surface area contributed by atoms with E-state index in [2.05, 4.69) is 21.3 Å². The summed E-state index contributed by atoms with van der Waals surface area (Å²) >= 11 is 0. The van der Waals surface area contributed by atoms with Crippen molar-refractivity contribution in [3.8, 4) is 0 Å². The number of rotatable bonds is 7. The highest BCUT2D eigenvalue weighted by atomic mass is 33.1. The molecule has 2 aliphatic heterocycles. The van der Waals surface area contributed by atoms with Crippen molar-refractivity contribution in [1.29, 1.82) is 0 Å². The van der Waals surface area contributed by atoms with Crippen molar-refractivity contribution < 1.29 is 19.2 Å². The minimum absolute atomic E-state index is 0.00552. The average molecular weight is 409 g/mol. The fraction of sp³-hybridized carbons (Fsp3) is 0.412. The first-order valence-corrected chi connectivity index (χ1v) is 11.0. The van der Waals surface area contributed by atoms with Crippen molar-refractivity contribution >= 4 is 45.2 Å². The van der Waals surface area contributed by atoms with Crippen LogP contribution in [0.4, 0.5) is 0 Å². The third kappa shape index (κ3) is 5.39. The molecule has 4 N–H and O–H groups in total. The highest BCUT2D eigenvalue weighted by Crippen LogP contribution is 2.24. The van der Waals surface area contributed by atoms with E-state index in [0.717, 1.165) is 5.56 Å². The maximum absolute atomic E-state index is 12.3. The highest BCUT2D eigenvalue weighted by Gasteiger charge is 2.33. The fourth-order valence-electron chi connectivity index (χ4n) is 2.74. The number of carbonyl (C=O) groups is 4. The molecule has 1 aromatic rings. The lowest BCUT2D eigenvalue weighted by Crippen LogP contribution is -2.63. The molecule has 8 nitrogen and oxygen atoms in total. The summed E-state index contributed by atoms with van der Waals surface area (Å²) in [7, 11) is 2.75. The SMILES string of the molecule is O=C1CNC(=O)[C@H](CSSC[C@H]2NC(=O)[C@H](Cc3ccccc3)NC2=O)N1. The molecule has 10 heteroatoms. The van der Waals surface area contributed by atoms with E-state index in [1.165, 1.54) is 21.6 Å². The maximum Gasteiger partial charge on any atom is 0.244 e. The predicted molar refractivity (Wildman–Crippen MR) is 104 cm³/mol. The molecule has 2 fully saturated rings. The Kier molecular flexibility index (Phi) is 6.62. The average Bonchev–Trinajstić information content (AvgIpc) is 2.66. The van der Waals surface area contributed by atoms with E-state index in [1.54, 1.807) is 0 Å². The van der Waals surface area contributed by atoms with Crippen molar-refractivity contribution in [2.75, 3.05) is 18.1 Å². The van der Waals surface area contributed by atoms with Gasteiger partial charge in [0.15, 0.2) is 0 Å². The predicted octanol–water partition coefficient (Wildman–Crippen LogP) is -0.792. The van der Waals surface area contributed by atoms with Gasteiger partial charge in [-0.2, -0.15) is 0 Å². The molecule has 1 aromatic carbocycles. The molecule has 2 heterocycles. The number of benzene rings is 1. The van der Waals surface area contributed by atoms with Crippen molar-refractivity contribution in [2.24, 2.45) is 0 Å². The van der Waals surface area contributed by atoms with Gasteiger partial charge >= 0.3 is 0 Å². The van der Waals surface area contributed by atoms with Crippen LogP contribution in [-0.4, -0.2) is 59.8 Å². The highest BCUT2D eigenvalue weighted by molar-refractivity contribution is 8.76. The Morgan fingerprint density at radius 2 is 1.37 bits per heavy atom. The van der Waals surface area contributed by atoms with Crippen molar-refractivity contribution in [2.45, 2.75) is 24.5 Å². The second kappa shape index (κ2) is 9.14. The molecule has 3 rings (SSSR count). The number of nitrogens with one attached hydrogen (secondary N) is 4. The number of hydrogen-bond acceptors (Lipinski definition) is 6. The Bertz CT molecular complexity index is 731. The molecule has 0 bridgehead atoms.